The molecule has 1 heterocycles. The fourth-order valence-corrected chi connectivity index (χ4v) is 5.30. The molecule has 3 aliphatic rings. The van der Waals surface area contributed by atoms with Gasteiger partial charge in [-0.1, -0.05) is 20.1 Å². The van der Waals surface area contributed by atoms with E-state index < -0.39 is 54.5 Å². The lowest BCUT2D eigenvalue weighted by atomic mass is 9.52. The van der Waals surface area contributed by atoms with Crippen LogP contribution < -0.4 is 0 Å². The van der Waals surface area contributed by atoms with E-state index >= 15 is 0 Å². The normalized spacial score (nSPS) is 41.7. The molecule has 2 saturated carbocycles. The van der Waals surface area contributed by atoms with Crippen molar-refractivity contribution >= 4 is 11.9 Å². The van der Waals surface area contributed by atoms with Crippen molar-refractivity contribution in [3.05, 3.63) is 24.3 Å². The highest BCUT2D eigenvalue weighted by Crippen LogP contribution is 2.60. The molecule has 0 aromatic heterocycles. The molecular weight excluding hydrogens is 368 g/mol. The largest absolute Gasteiger partial charge is 0.466 e. The Bertz CT molecular complexity index is 688. The summed E-state index contributed by atoms with van der Waals surface area (Å²) in [5, 5.41) is 30.4. The third-order valence-corrected chi connectivity index (χ3v) is 6.76. The molecule has 2 aliphatic carbocycles. The average Bonchev–Trinajstić information content (AvgIpc) is 3.00. The van der Waals surface area contributed by atoms with E-state index in [1.807, 2.05) is 6.92 Å². The van der Waals surface area contributed by atoms with E-state index in [-0.39, 0.29) is 29.4 Å². The highest BCUT2D eigenvalue weighted by Gasteiger charge is 2.65. The Hall–Kier alpha value is -1.74. The lowest BCUT2D eigenvalue weighted by Gasteiger charge is -2.54. The molecule has 1 unspecified atom stereocenters. The highest BCUT2D eigenvalue weighted by molar-refractivity contribution is 5.89. The fraction of sp³-hybridized carbons (Fsp3) is 0.700. The van der Waals surface area contributed by atoms with Crippen molar-refractivity contribution in [3.8, 4) is 0 Å². The Morgan fingerprint density at radius 3 is 2.50 bits per heavy atom. The van der Waals surface area contributed by atoms with Crippen LogP contribution in [0.1, 0.15) is 26.2 Å². The molecule has 0 aromatic carbocycles. The predicted molar refractivity (Wildman–Crippen MR) is 96.6 cm³/mol. The number of hydrogen-bond acceptors (Lipinski definition) is 8. The summed E-state index contributed by atoms with van der Waals surface area (Å²) in [6.45, 7) is 8.64. The van der Waals surface area contributed by atoms with Gasteiger partial charge in [0.25, 0.3) is 0 Å². The van der Waals surface area contributed by atoms with Gasteiger partial charge in [0.1, 0.15) is 6.10 Å². The molecule has 1 aliphatic heterocycles. The number of aliphatic hydroxyl groups is 3. The first-order chi connectivity index (χ1) is 13.2. The van der Waals surface area contributed by atoms with E-state index in [1.165, 1.54) is 7.11 Å². The quantitative estimate of drug-likeness (QED) is 0.448. The third kappa shape index (κ3) is 3.18. The van der Waals surface area contributed by atoms with Crippen LogP contribution in [0.4, 0.5) is 0 Å². The molecule has 8 heteroatoms. The van der Waals surface area contributed by atoms with Crippen molar-refractivity contribution in [2.24, 2.45) is 23.2 Å². The van der Waals surface area contributed by atoms with Crippen molar-refractivity contribution in [2.75, 3.05) is 13.7 Å². The van der Waals surface area contributed by atoms with Crippen molar-refractivity contribution in [2.45, 2.75) is 50.8 Å². The second-order valence-electron chi connectivity index (χ2n) is 8.23. The second-order valence-corrected chi connectivity index (χ2v) is 8.23. The zero-order chi connectivity index (χ0) is 20.8. The van der Waals surface area contributed by atoms with Gasteiger partial charge in [-0.2, -0.15) is 0 Å². The molecule has 8 nitrogen and oxygen atoms in total. The standard InChI is InChI=1S/C20H28O8/c1-9(8-21)17(23)27-12-7-20(3)13(22)6-5-11-15(20)16(28-19(11)25)14(12)10(2)18(24)26-4/h11-16,19,21-22,25H,1-2,5-8H2,3-4H3/t11-,12+,13-,14-,15?,16+,19+,20+/m1/s1. The summed E-state index contributed by atoms with van der Waals surface area (Å²) >= 11 is 0. The van der Waals surface area contributed by atoms with E-state index in [9.17, 15) is 19.8 Å². The van der Waals surface area contributed by atoms with Crippen LogP contribution in [0, 0.1) is 23.2 Å². The molecule has 28 heavy (non-hydrogen) atoms. The minimum Gasteiger partial charge on any atom is -0.466 e. The molecule has 156 valence electrons. The van der Waals surface area contributed by atoms with E-state index in [1.54, 1.807) is 0 Å². The predicted octanol–water partition coefficient (Wildman–Crippen LogP) is 0.306. The van der Waals surface area contributed by atoms with Crippen LogP contribution in [0.2, 0.25) is 0 Å². The Labute approximate surface area is 163 Å². The Balaban J connectivity index is 2.01. The molecule has 0 amide bonds. The first-order valence-corrected chi connectivity index (χ1v) is 9.44. The van der Waals surface area contributed by atoms with Crippen LogP contribution in [0.5, 0.6) is 0 Å². The average molecular weight is 396 g/mol. The van der Waals surface area contributed by atoms with E-state index in [4.69, 9.17) is 19.3 Å². The number of carbonyl (C=O) groups excluding carboxylic acids is 2. The number of rotatable bonds is 5. The highest BCUT2D eigenvalue weighted by atomic mass is 16.6. The molecule has 0 radical (unpaired) electrons. The van der Waals surface area contributed by atoms with Crippen LogP contribution in [0.15, 0.2) is 24.3 Å². The number of esters is 2. The summed E-state index contributed by atoms with van der Waals surface area (Å²) in [6, 6.07) is 0. The summed E-state index contributed by atoms with van der Waals surface area (Å²) in [5.74, 6) is -2.61. The maximum Gasteiger partial charge on any atom is 0.336 e. The van der Waals surface area contributed by atoms with Crippen LogP contribution >= 0.6 is 0 Å². The fourth-order valence-electron chi connectivity index (χ4n) is 5.30. The van der Waals surface area contributed by atoms with E-state index in [2.05, 4.69) is 13.2 Å². The van der Waals surface area contributed by atoms with Gasteiger partial charge in [0, 0.05) is 22.8 Å². The summed E-state index contributed by atoms with van der Waals surface area (Å²) in [7, 11) is 1.23. The van der Waals surface area contributed by atoms with Crippen LogP contribution in [-0.4, -0.2) is 65.6 Å². The smallest absolute Gasteiger partial charge is 0.336 e. The Morgan fingerprint density at radius 2 is 1.89 bits per heavy atom. The monoisotopic (exact) mass is 396 g/mol. The number of hydrogen-bond donors (Lipinski definition) is 3. The lowest BCUT2D eigenvalue weighted by Crippen LogP contribution is -2.59. The number of carbonyl (C=O) groups is 2. The lowest BCUT2D eigenvalue weighted by molar-refractivity contribution is -0.183. The van der Waals surface area contributed by atoms with Gasteiger partial charge < -0.3 is 29.5 Å². The van der Waals surface area contributed by atoms with Crippen LogP contribution in [-0.2, 0) is 23.8 Å². The van der Waals surface area contributed by atoms with Crippen molar-refractivity contribution in [1.29, 1.82) is 0 Å². The summed E-state index contributed by atoms with van der Waals surface area (Å²) < 4.78 is 16.2. The molecule has 0 aromatic rings. The molecule has 0 spiro atoms. The van der Waals surface area contributed by atoms with Gasteiger partial charge in [0.05, 0.1) is 37.4 Å². The van der Waals surface area contributed by atoms with Crippen LogP contribution in [0.25, 0.3) is 0 Å². The topological polar surface area (TPSA) is 123 Å². The van der Waals surface area contributed by atoms with Crippen molar-refractivity contribution in [3.63, 3.8) is 0 Å². The Kier molecular flexibility index (Phi) is 5.69. The van der Waals surface area contributed by atoms with Crippen LogP contribution in [0.3, 0.4) is 0 Å². The maximum atomic E-state index is 12.3. The second kappa shape index (κ2) is 7.59. The van der Waals surface area contributed by atoms with E-state index in [0.29, 0.717) is 12.8 Å². The zero-order valence-corrected chi connectivity index (χ0v) is 16.2. The number of ether oxygens (including phenoxy) is 3. The molecule has 1 saturated heterocycles. The Morgan fingerprint density at radius 1 is 1.21 bits per heavy atom. The maximum absolute atomic E-state index is 12.3. The molecule has 3 rings (SSSR count). The van der Waals surface area contributed by atoms with Gasteiger partial charge in [-0.3, -0.25) is 0 Å². The molecular formula is C20H28O8. The minimum absolute atomic E-state index is 0.0786. The first-order valence-electron chi connectivity index (χ1n) is 9.44. The van der Waals surface area contributed by atoms with Gasteiger partial charge in [-0.05, 0) is 19.3 Å². The van der Waals surface area contributed by atoms with Gasteiger partial charge in [0.15, 0.2) is 6.29 Å². The summed E-state index contributed by atoms with van der Waals surface area (Å²) in [4.78, 5) is 24.5. The van der Waals surface area contributed by atoms with Crippen molar-refractivity contribution < 1.29 is 39.1 Å². The summed E-state index contributed by atoms with van der Waals surface area (Å²) in [6.07, 6.45) is -1.86. The summed E-state index contributed by atoms with van der Waals surface area (Å²) in [5.41, 5.74) is -0.720. The van der Waals surface area contributed by atoms with Gasteiger partial charge >= 0.3 is 11.9 Å². The molecule has 0 bridgehead atoms. The first kappa shape index (κ1) is 21.0. The molecule has 8 atom stereocenters. The molecule has 3 fully saturated rings. The van der Waals surface area contributed by atoms with Gasteiger partial charge in [-0.15, -0.1) is 0 Å². The zero-order valence-electron chi connectivity index (χ0n) is 16.2. The SMILES string of the molecule is C=C(CO)C(=O)O[C@H]1C[C@]2(C)C3[C@@H](CC[C@H]2O)[C@@H](O)O[C@H]3[C@@H]1C(=C)C(=O)OC. The van der Waals surface area contributed by atoms with E-state index in [0.717, 1.165) is 0 Å². The third-order valence-electron chi connectivity index (χ3n) is 6.76. The minimum atomic E-state index is -1.03. The molecule has 3 N–H and O–H groups in total. The van der Waals surface area contributed by atoms with Gasteiger partial charge in [-0.25, -0.2) is 9.59 Å². The van der Waals surface area contributed by atoms with Gasteiger partial charge in [0.2, 0.25) is 0 Å². The van der Waals surface area contributed by atoms with Crippen molar-refractivity contribution in [1.82, 2.24) is 0 Å². The number of methoxy groups -OCH3 is 1. The number of aliphatic hydroxyl groups excluding tert-OH is 3.